The van der Waals surface area contributed by atoms with Crippen LogP contribution in [-0.2, 0) is 0 Å². The van der Waals surface area contributed by atoms with Crippen molar-refractivity contribution in [2.75, 3.05) is 17.8 Å². The summed E-state index contributed by atoms with van der Waals surface area (Å²) in [7, 11) is 1.93. The topological polar surface area (TPSA) is 26.8 Å². The van der Waals surface area contributed by atoms with E-state index in [2.05, 4.69) is 0 Å². The number of halogens is 2. The molecule has 1 aliphatic heterocycles. The van der Waals surface area contributed by atoms with Gasteiger partial charge in [0.2, 0.25) is 0 Å². The smallest absolute Gasteiger partial charge is 0.347 e. The zero-order valence-electron chi connectivity index (χ0n) is 10.0. The van der Waals surface area contributed by atoms with Crippen LogP contribution in [0.2, 0.25) is 5.02 Å². The third-order valence-electron chi connectivity index (χ3n) is 2.84. The highest BCUT2D eigenvalue weighted by Gasteiger charge is 2.34. The molecule has 0 spiro atoms. The molecule has 2 rings (SSSR count). The largest absolute Gasteiger partial charge is 0.354 e. The summed E-state index contributed by atoms with van der Waals surface area (Å²) < 4.78 is 2.83. The summed E-state index contributed by atoms with van der Waals surface area (Å²) in [4.78, 5) is 13.8. The third-order valence-corrected chi connectivity index (χ3v) is 4.61. The van der Waals surface area contributed by atoms with E-state index < -0.39 is 0 Å². The van der Waals surface area contributed by atoms with Crippen molar-refractivity contribution in [3.05, 3.63) is 29.3 Å². The molecule has 0 aromatic heterocycles. The van der Waals surface area contributed by atoms with Gasteiger partial charge in [-0.25, -0.2) is 13.5 Å². The van der Waals surface area contributed by atoms with Crippen LogP contribution in [0.3, 0.4) is 0 Å². The van der Waals surface area contributed by atoms with Gasteiger partial charge in [-0.2, -0.15) is 0 Å². The van der Waals surface area contributed by atoms with Crippen molar-refractivity contribution in [2.45, 2.75) is 13.1 Å². The van der Waals surface area contributed by atoms with Crippen molar-refractivity contribution in [2.24, 2.45) is 0 Å². The Morgan fingerprint density at radius 1 is 1.39 bits per heavy atom. The van der Waals surface area contributed by atoms with Crippen LogP contribution in [0.1, 0.15) is 6.92 Å². The molecule has 0 aliphatic carbocycles. The van der Waals surface area contributed by atoms with Crippen molar-refractivity contribution >= 4 is 47.0 Å². The molecule has 2 amide bonds. The molecule has 0 saturated carbocycles. The lowest BCUT2D eigenvalue weighted by molar-refractivity contribution is 0.210. The van der Waals surface area contributed by atoms with Gasteiger partial charge in [0.15, 0.2) is 0 Å². The maximum atomic E-state index is 11.8. The number of anilines is 1. The zero-order valence-corrected chi connectivity index (χ0v) is 12.3. The van der Waals surface area contributed by atoms with Crippen LogP contribution >= 0.6 is 35.3 Å². The van der Waals surface area contributed by atoms with Gasteiger partial charge in [0.25, 0.3) is 0 Å². The number of benzene rings is 1. The van der Waals surface area contributed by atoms with Crippen LogP contribution < -0.4 is 4.90 Å². The molecule has 1 saturated heterocycles. The number of urea groups is 1. The molecule has 0 N–H and O–H groups in total. The van der Waals surface area contributed by atoms with Gasteiger partial charge in [-0.1, -0.05) is 11.6 Å². The monoisotopic (exact) mass is 305 g/mol. The highest BCUT2D eigenvalue weighted by atomic mass is 35.5. The van der Waals surface area contributed by atoms with Gasteiger partial charge in [-0.15, -0.1) is 0 Å². The molecule has 4 nitrogen and oxygen atoms in total. The lowest BCUT2D eigenvalue weighted by Gasteiger charge is -2.32. The maximum absolute atomic E-state index is 11.8. The summed E-state index contributed by atoms with van der Waals surface area (Å²) in [6.45, 7) is 1.95. The average Bonchev–Trinajstić information content (AvgIpc) is 2.69. The fourth-order valence-electron chi connectivity index (χ4n) is 1.65. The Labute approximate surface area is 121 Å². The third kappa shape index (κ3) is 2.63. The lowest BCUT2D eigenvalue weighted by atomic mass is 10.3. The molecule has 1 heterocycles. The number of nitrogens with zero attached hydrogens (tertiary/aromatic N) is 3. The molecule has 1 aliphatic rings. The Morgan fingerprint density at radius 2 is 2.00 bits per heavy atom. The summed E-state index contributed by atoms with van der Waals surface area (Å²) in [5.41, 5.74) is 0.994. The first-order valence-electron chi connectivity index (χ1n) is 5.38. The van der Waals surface area contributed by atoms with Crippen molar-refractivity contribution in [1.29, 1.82) is 0 Å². The Balaban J connectivity index is 2.11. The lowest BCUT2D eigenvalue weighted by Crippen LogP contribution is -2.43. The van der Waals surface area contributed by atoms with E-state index in [1.807, 2.05) is 43.1 Å². The van der Waals surface area contributed by atoms with E-state index in [0.29, 0.717) is 10.9 Å². The standard InChI is InChI=1S/C11H13Cl2N3OS/c1-8(16-11(17)15(13)7-18-16)14(2)10-5-3-9(12)4-6-10/h3-6,8H,7H2,1-2H3. The van der Waals surface area contributed by atoms with Gasteiger partial charge in [0.1, 0.15) is 12.0 Å². The number of amides is 2. The van der Waals surface area contributed by atoms with Crippen LogP contribution in [0.15, 0.2) is 24.3 Å². The number of hydrogen-bond donors (Lipinski definition) is 0. The fraction of sp³-hybridized carbons (Fsp3) is 0.364. The molecule has 1 aromatic rings. The van der Waals surface area contributed by atoms with Crippen LogP contribution in [0, 0.1) is 0 Å². The molecule has 1 fully saturated rings. The van der Waals surface area contributed by atoms with Crippen molar-refractivity contribution < 1.29 is 4.79 Å². The highest BCUT2D eigenvalue weighted by Crippen LogP contribution is 2.30. The van der Waals surface area contributed by atoms with Crippen molar-refractivity contribution in [3.8, 4) is 0 Å². The molecule has 1 unspecified atom stereocenters. The first kappa shape index (κ1) is 13.6. The maximum Gasteiger partial charge on any atom is 0.347 e. The Morgan fingerprint density at radius 3 is 2.50 bits per heavy atom. The van der Waals surface area contributed by atoms with Gasteiger partial charge >= 0.3 is 6.03 Å². The van der Waals surface area contributed by atoms with Gasteiger partial charge in [0.05, 0.1) is 0 Å². The van der Waals surface area contributed by atoms with Gasteiger partial charge in [-0.3, -0.25) is 0 Å². The molecule has 7 heteroatoms. The second-order valence-electron chi connectivity index (χ2n) is 3.95. The van der Waals surface area contributed by atoms with E-state index in [0.717, 1.165) is 5.69 Å². The summed E-state index contributed by atoms with van der Waals surface area (Å²) in [5, 5.41) is 0.693. The minimum Gasteiger partial charge on any atom is -0.354 e. The normalized spacial score (nSPS) is 17.2. The minimum absolute atomic E-state index is 0.0903. The first-order chi connectivity index (χ1) is 8.50. The van der Waals surface area contributed by atoms with Gasteiger partial charge in [-0.05, 0) is 43.1 Å². The average molecular weight is 306 g/mol. The Hall–Kier alpha value is -0.780. The SMILES string of the molecule is CC(N1SCN(Cl)C1=O)N(C)c1ccc(Cl)cc1. The number of rotatable bonds is 3. The minimum atomic E-state index is -0.185. The molecule has 98 valence electrons. The second-order valence-corrected chi connectivity index (χ2v) is 5.70. The molecular weight excluding hydrogens is 293 g/mol. The number of hydrogen-bond acceptors (Lipinski definition) is 3. The Kier molecular flexibility index (Phi) is 4.14. The predicted molar refractivity (Wildman–Crippen MR) is 76.7 cm³/mol. The van der Waals surface area contributed by atoms with E-state index in [1.54, 1.807) is 4.31 Å². The van der Waals surface area contributed by atoms with E-state index in [1.165, 1.54) is 16.4 Å². The summed E-state index contributed by atoms with van der Waals surface area (Å²) >= 11 is 13.0. The number of carbonyl (C=O) groups excluding carboxylic acids is 1. The quantitative estimate of drug-likeness (QED) is 0.630. The van der Waals surface area contributed by atoms with Crippen molar-refractivity contribution in [3.63, 3.8) is 0 Å². The number of carbonyl (C=O) groups is 1. The molecular formula is C11H13Cl2N3OS. The zero-order chi connectivity index (χ0) is 13.3. The van der Waals surface area contributed by atoms with Crippen molar-refractivity contribution in [1.82, 2.24) is 8.72 Å². The van der Waals surface area contributed by atoms with Crippen LogP contribution in [0.25, 0.3) is 0 Å². The molecule has 1 aromatic carbocycles. The second kappa shape index (κ2) is 5.47. The molecule has 0 radical (unpaired) electrons. The fourth-order valence-corrected chi connectivity index (χ4v) is 2.93. The Bertz CT molecular complexity index is 442. The first-order valence-corrected chi connectivity index (χ1v) is 7.04. The molecule has 1 atom stereocenters. The molecule has 0 bridgehead atoms. The van der Waals surface area contributed by atoms with E-state index in [9.17, 15) is 4.79 Å². The summed E-state index contributed by atoms with van der Waals surface area (Å²) in [5.74, 6) is 0.471. The predicted octanol–water partition coefficient (Wildman–Crippen LogP) is 3.62. The van der Waals surface area contributed by atoms with E-state index in [-0.39, 0.29) is 12.2 Å². The van der Waals surface area contributed by atoms with E-state index in [4.69, 9.17) is 23.4 Å². The highest BCUT2D eigenvalue weighted by molar-refractivity contribution is 7.97. The van der Waals surface area contributed by atoms with Crippen LogP contribution in [-0.4, -0.2) is 33.8 Å². The van der Waals surface area contributed by atoms with Crippen LogP contribution in [0.5, 0.6) is 0 Å². The molecule has 18 heavy (non-hydrogen) atoms. The van der Waals surface area contributed by atoms with E-state index >= 15 is 0 Å². The summed E-state index contributed by atoms with van der Waals surface area (Å²) in [6, 6.07) is 7.31. The summed E-state index contributed by atoms with van der Waals surface area (Å²) in [6.07, 6.45) is -0.0903. The van der Waals surface area contributed by atoms with Crippen LogP contribution in [0.4, 0.5) is 10.5 Å². The van der Waals surface area contributed by atoms with Gasteiger partial charge < -0.3 is 4.90 Å². The van der Waals surface area contributed by atoms with Gasteiger partial charge in [0, 0.05) is 29.5 Å².